The van der Waals surface area contributed by atoms with E-state index in [1.165, 1.54) is 49.7 Å². The first kappa shape index (κ1) is 16.6. The van der Waals surface area contributed by atoms with E-state index in [0.29, 0.717) is 0 Å². The Morgan fingerprint density at radius 2 is 1.52 bits per heavy atom. The fourth-order valence-electron chi connectivity index (χ4n) is 3.80. The van der Waals surface area contributed by atoms with Gasteiger partial charge in [-0.3, -0.25) is 0 Å². The maximum Gasteiger partial charge on any atom is 0.131 e. The van der Waals surface area contributed by atoms with Crippen LogP contribution < -0.4 is 4.74 Å². The van der Waals surface area contributed by atoms with Crippen LogP contribution in [0, 0.1) is 0 Å². The highest BCUT2D eigenvalue weighted by atomic mass is 79.9. The molecule has 2 heteroatoms. The lowest BCUT2D eigenvalue weighted by Crippen LogP contribution is -2.31. The van der Waals surface area contributed by atoms with Crippen LogP contribution >= 0.6 is 15.9 Å². The van der Waals surface area contributed by atoms with E-state index in [1.807, 2.05) is 0 Å². The number of fused-ring (bicyclic) bond motifs is 2. The van der Waals surface area contributed by atoms with Crippen molar-refractivity contribution in [2.45, 2.75) is 57.8 Å². The Hall–Kier alpha value is -1.28. The SMILES string of the molecule is CCCCC1(CCCC)c2ccccc2Oc2ccc(Br)cc21. The minimum atomic E-state index is 0.0833. The summed E-state index contributed by atoms with van der Waals surface area (Å²) < 4.78 is 7.36. The minimum absolute atomic E-state index is 0.0833. The fourth-order valence-corrected chi connectivity index (χ4v) is 4.16. The quantitative estimate of drug-likeness (QED) is 0.519. The van der Waals surface area contributed by atoms with E-state index in [1.54, 1.807) is 0 Å². The first-order valence-electron chi connectivity index (χ1n) is 8.78. The molecule has 2 aromatic carbocycles. The Balaban J connectivity index is 2.19. The van der Waals surface area contributed by atoms with Gasteiger partial charge in [-0.05, 0) is 37.1 Å². The van der Waals surface area contributed by atoms with Crippen LogP contribution in [0.15, 0.2) is 46.9 Å². The average Bonchev–Trinajstić information content (AvgIpc) is 2.58. The first-order chi connectivity index (χ1) is 11.2. The molecule has 0 saturated heterocycles. The van der Waals surface area contributed by atoms with E-state index in [-0.39, 0.29) is 5.41 Å². The summed E-state index contributed by atoms with van der Waals surface area (Å²) >= 11 is 3.66. The van der Waals surface area contributed by atoms with E-state index in [9.17, 15) is 0 Å². The van der Waals surface area contributed by atoms with Crippen LogP contribution in [0.4, 0.5) is 0 Å². The zero-order chi connectivity index (χ0) is 16.3. The molecule has 122 valence electrons. The average molecular weight is 373 g/mol. The van der Waals surface area contributed by atoms with Gasteiger partial charge in [0.1, 0.15) is 11.5 Å². The molecule has 3 rings (SSSR count). The summed E-state index contributed by atoms with van der Waals surface area (Å²) in [4.78, 5) is 0. The van der Waals surface area contributed by atoms with Crippen LogP contribution in [-0.4, -0.2) is 0 Å². The Labute approximate surface area is 148 Å². The monoisotopic (exact) mass is 372 g/mol. The minimum Gasteiger partial charge on any atom is -0.457 e. The van der Waals surface area contributed by atoms with Gasteiger partial charge in [0, 0.05) is 21.0 Å². The highest BCUT2D eigenvalue weighted by Gasteiger charge is 2.41. The first-order valence-corrected chi connectivity index (χ1v) is 9.58. The van der Waals surface area contributed by atoms with Gasteiger partial charge < -0.3 is 4.74 Å². The predicted molar refractivity (Wildman–Crippen MR) is 100 cm³/mol. The topological polar surface area (TPSA) is 9.23 Å². The highest BCUT2D eigenvalue weighted by molar-refractivity contribution is 9.10. The molecule has 1 heterocycles. The lowest BCUT2D eigenvalue weighted by atomic mass is 9.66. The lowest BCUT2D eigenvalue weighted by Gasteiger charge is -2.41. The van der Waals surface area contributed by atoms with Crippen LogP contribution in [0.5, 0.6) is 11.5 Å². The van der Waals surface area contributed by atoms with E-state index >= 15 is 0 Å². The second-order valence-electron chi connectivity index (χ2n) is 6.53. The molecule has 0 radical (unpaired) electrons. The Bertz CT molecular complexity index is 669. The highest BCUT2D eigenvalue weighted by Crippen LogP contribution is 2.53. The van der Waals surface area contributed by atoms with Crippen molar-refractivity contribution in [2.75, 3.05) is 0 Å². The van der Waals surface area contributed by atoms with Gasteiger partial charge in [0.2, 0.25) is 0 Å². The van der Waals surface area contributed by atoms with E-state index < -0.39 is 0 Å². The number of ether oxygens (including phenoxy) is 1. The van der Waals surface area contributed by atoms with Gasteiger partial charge >= 0.3 is 0 Å². The molecule has 1 aliphatic heterocycles. The normalized spacial score (nSPS) is 14.7. The molecule has 0 atom stereocenters. The Morgan fingerprint density at radius 1 is 0.870 bits per heavy atom. The van der Waals surface area contributed by atoms with Crippen molar-refractivity contribution < 1.29 is 4.74 Å². The molecule has 1 nitrogen and oxygen atoms in total. The molecule has 0 N–H and O–H groups in total. The van der Waals surface area contributed by atoms with Crippen molar-refractivity contribution in [3.63, 3.8) is 0 Å². The van der Waals surface area contributed by atoms with Crippen LogP contribution in [-0.2, 0) is 5.41 Å². The third kappa shape index (κ3) is 3.06. The second kappa shape index (κ2) is 7.09. The molecule has 0 spiro atoms. The zero-order valence-corrected chi connectivity index (χ0v) is 15.7. The van der Waals surface area contributed by atoms with Gasteiger partial charge in [-0.15, -0.1) is 0 Å². The van der Waals surface area contributed by atoms with Crippen molar-refractivity contribution >= 4 is 15.9 Å². The van der Waals surface area contributed by atoms with E-state index in [4.69, 9.17) is 4.74 Å². The molecular formula is C21H25BrO. The van der Waals surface area contributed by atoms with Crippen molar-refractivity contribution in [3.05, 3.63) is 58.1 Å². The molecule has 1 aliphatic rings. The summed E-state index contributed by atoms with van der Waals surface area (Å²) in [6.45, 7) is 4.56. The number of benzene rings is 2. The third-order valence-electron chi connectivity index (χ3n) is 4.99. The van der Waals surface area contributed by atoms with Crippen LogP contribution in [0.3, 0.4) is 0 Å². The van der Waals surface area contributed by atoms with Crippen LogP contribution in [0.2, 0.25) is 0 Å². The van der Waals surface area contributed by atoms with Gasteiger partial charge in [0.25, 0.3) is 0 Å². The Kier molecular flexibility index (Phi) is 5.11. The zero-order valence-electron chi connectivity index (χ0n) is 14.1. The third-order valence-corrected chi connectivity index (χ3v) is 5.49. The predicted octanol–water partition coefficient (Wildman–Crippen LogP) is 7.22. The lowest BCUT2D eigenvalue weighted by molar-refractivity contribution is 0.343. The van der Waals surface area contributed by atoms with Gasteiger partial charge in [0.15, 0.2) is 0 Å². The van der Waals surface area contributed by atoms with Crippen molar-refractivity contribution in [1.29, 1.82) is 0 Å². The Morgan fingerprint density at radius 3 is 2.22 bits per heavy atom. The van der Waals surface area contributed by atoms with Gasteiger partial charge in [-0.25, -0.2) is 0 Å². The fraction of sp³-hybridized carbons (Fsp3) is 0.429. The second-order valence-corrected chi connectivity index (χ2v) is 7.44. The molecule has 0 fully saturated rings. The summed E-state index contributed by atoms with van der Waals surface area (Å²) in [5.74, 6) is 2.06. The van der Waals surface area contributed by atoms with Gasteiger partial charge in [0.05, 0.1) is 0 Å². The van der Waals surface area contributed by atoms with Crippen LogP contribution in [0.1, 0.15) is 63.5 Å². The number of para-hydroxylation sites is 1. The number of rotatable bonds is 6. The molecule has 0 aromatic heterocycles. The molecule has 0 aliphatic carbocycles. The largest absolute Gasteiger partial charge is 0.457 e. The summed E-state index contributed by atoms with van der Waals surface area (Å²) in [5, 5.41) is 0. The van der Waals surface area contributed by atoms with Crippen molar-refractivity contribution in [1.82, 2.24) is 0 Å². The number of hydrogen-bond acceptors (Lipinski definition) is 1. The maximum absolute atomic E-state index is 6.23. The molecule has 23 heavy (non-hydrogen) atoms. The summed E-state index contributed by atoms with van der Waals surface area (Å²) in [7, 11) is 0. The molecule has 2 aromatic rings. The molecule has 0 saturated carbocycles. The maximum atomic E-state index is 6.23. The van der Waals surface area contributed by atoms with Crippen molar-refractivity contribution in [2.24, 2.45) is 0 Å². The summed E-state index contributed by atoms with van der Waals surface area (Å²) in [5.41, 5.74) is 2.81. The van der Waals surface area contributed by atoms with Gasteiger partial charge in [-0.1, -0.05) is 73.7 Å². The molecule has 0 bridgehead atoms. The van der Waals surface area contributed by atoms with E-state index in [0.717, 1.165) is 16.0 Å². The number of unbranched alkanes of at least 4 members (excludes halogenated alkanes) is 2. The standard InChI is InChI=1S/C21H25BrO/c1-3-5-13-21(14-6-4-2)17-9-7-8-10-19(17)23-20-12-11-16(22)15-18(20)21/h7-12,15H,3-6,13-14H2,1-2H3. The van der Waals surface area contributed by atoms with E-state index in [2.05, 4.69) is 72.2 Å². The summed E-state index contributed by atoms with van der Waals surface area (Å²) in [6.07, 6.45) is 7.30. The number of halogens is 1. The molecule has 0 unspecified atom stereocenters. The number of hydrogen-bond donors (Lipinski definition) is 0. The van der Waals surface area contributed by atoms with Crippen molar-refractivity contribution in [3.8, 4) is 11.5 Å². The molecule has 0 amide bonds. The molecular weight excluding hydrogens is 348 g/mol. The summed E-state index contributed by atoms with van der Waals surface area (Å²) in [6, 6.07) is 15.1. The smallest absolute Gasteiger partial charge is 0.131 e. The van der Waals surface area contributed by atoms with Gasteiger partial charge in [-0.2, -0.15) is 0 Å². The van der Waals surface area contributed by atoms with Crippen LogP contribution in [0.25, 0.3) is 0 Å².